The van der Waals surface area contributed by atoms with E-state index in [0.717, 1.165) is 29.8 Å². The highest BCUT2D eigenvalue weighted by molar-refractivity contribution is 6.04. The normalized spacial score (nSPS) is 21.0. The highest BCUT2D eigenvalue weighted by atomic mass is 19.1. The van der Waals surface area contributed by atoms with Crippen LogP contribution >= 0.6 is 0 Å². The van der Waals surface area contributed by atoms with Gasteiger partial charge in [0.25, 0.3) is 0 Å². The van der Waals surface area contributed by atoms with E-state index in [4.69, 9.17) is 5.73 Å². The number of anilines is 2. The first-order chi connectivity index (χ1) is 29.3. The Hall–Kier alpha value is -5.71. The molecule has 62 heavy (non-hydrogen) atoms. The lowest BCUT2D eigenvalue weighted by Crippen LogP contribution is -2.61. The van der Waals surface area contributed by atoms with Crippen molar-refractivity contribution in [3.05, 3.63) is 94.3 Å². The number of benzene rings is 3. The summed E-state index contributed by atoms with van der Waals surface area (Å²) in [5.41, 5.74) is 8.91. The number of halogens is 1. The third kappa shape index (κ3) is 10.3. The van der Waals surface area contributed by atoms with E-state index in [0.29, 0.717) is 35.5 Å². The van der Waals surface area contributed by atoms with E-state index in [-0.39, 0.29) is 56.3 Å². The van der Waals surface area contributed by atoms with Gasteiger partial charge in [-0.1, -0.05) is 51.1 Å². The Bertz CT molecular complexity index is 2210. The van der Waals surface area contributed by atoms with Gasteiger partial charge in [0.15, 0.2) is 0 Å². The molecule has 0 aliphatic carbocycles. The molecule has 7 N–H and O–H groups in total. The number of nitrogens with two attached hydrogens (primary N) is 1. The molecule has 0 saturated carbocycles. The molecule has 3 aliphatic heterocycles. The van der Waals surface area contributed by atoms with Crippen molar-refractivity contribution < 1.29 is 33.2 Å². The number of fused-ring (bicyclic) bond motifs is 2. The summed E-state index contributed by atoms with van der Waals surface area (Å²) in [4.78, 5) is 86.4. The second-order valence-electron chi connectivity index (χ2n) is 18.2. The van der Waals surface area contributed by atoms with Crippen molar-refractivity contribution in [1.82, 2.24) is 31.1 Å². The maximum absolute atomic E-state index is 14.1. The highest BCUT2D eigenvalue weighted by Gasteiger charge is 2.47. The fourth-order valence-electron chi connectivity index (χ4n) is 8.47. The molecular weight excluding hydrogens is 794 g/mol. The van der Waals surface area contributed by atoms with Crippen LogP contribution in [0.4, 0.5) is 15.8 Å². The molecule has 332 valence electrons. The summed E-state index contributed by atoms with van der Waals surface area (Å²) in [6, 6.07) is 14.9. The van der Waals surface area contributed by atoms with E-state index in [1.807, 2.05) is 39.0 Å². The number of amides is 6. The smallest absolute Gasteiger partial charge is 0.246 e. The number of carbonyl (C=O) groups is 6. The number of hydrogen-bond acceptors (Lipinski definition) is 9. The van der Waals surface area contributed by atoms with Crippen molar-refractivity contribution in [2.75, 3.05) is 56.5 Å². The summed E-state index contributed by atoms with van der Waals surface area (Å²) in [6.45, 7) is 13.1. The molecule has 0 bridgehead atoms. The molecule has 3 aromatic carbocycles. The van der Waals surface area contributed by atoms with Gasteiger partial charge in [0.05, 0.1) is 24.5 Å². The van der Waals surface area contributed by atoms with Crippen LogP contribution < -0.4 is 37.2 Å². The van der Waals surface area contributed by atoms with Gasteiger partial charge in [0, 0.05) is 56.6 Å². The second-order valence-corrected chi connectivity index (χ2v) is 18.2. The van der Waals surface area contributed by atoms with Gasteiger partial charge in [0.1, 0.15) is 17.9 Å². The van der Waals surface area contributed by atoms with Crippen LogP contribution in [-0.2, 0) is 53.6 Å². The van der Waals surface area contributed by atoms with E-state index in [2.05, 4.69) is 38.4 Å². The standard InChI is InChI=1S/C46H60FN9O6/c1-27-23-54(17-16-50-27)25-39(58)56-26-46(6,35-15-10-30(19-36(35)56)18-29-8-12-33(47)13-9-29)44(62)51-22-38(57)52-34-14-11-31-21-37(41(48)59)55(24-32(31)20-34)43(61)40(45(3,4)5)53-42(60)28(2)49-7/h8-15,19-20,27-28,37,40,49-50H,16-18,21-26H2,1-7H3,(H2,48,59)(H,51,62)(H,52,57)(H,53,60)/t27-,28+,37+,40-,46-/m1/s1. The van der Waals surface area contributed by atoms with Crippen molar-refractivity contribution in [2.45, 2.75) is 90.5 Å². The average Bonchev–Trinajstić information content (AvgIpc) is 3.53. The quantitative estimate of drug-likeness (QED) is 0.149. The average molecular weight is 854 g/mol. The Morgan fingerprint density at radius 1 is 0.984 bits per heavy atom. The van der Waals surface area contributed by atoms with Gasteiger partial charge in [-0.2, -0.15) is 0 Å². The predicted molar refractivity (Wildman–Crippen MR) is 234 cm³/mol. The van der Waals surface area contributed by atoms with Gasteiger partial charge in [-0.3, -0.25) is 33.7 Å². The van der Waals surface area contributed by atoms with Crippen LogP contribution in [0, 0.1) is 11.2 Å². The lowest BCUT2D eigenvalue weighted by atomic mass is 9.83. The van der Waals surface area contributed by atoms with E-state index in [1.165, 1.54) is 17.0 Å². The van der Waals surface area contributed by atoms with E-state index in [1.54, 1.807) is 56.1 Å². The zero-order valence-corrected chi connectivity index (χ0v) is 36.7. The number of rotatable bonds is 13. The minimum absolute atomic E-state index is 0.0124. The van der Waals surface area contributed by atoms with Crippen LogP contribution in [-0.4, -0.2) is 116 Å². The van der Waals surface area contributed by atoms with Crippen LogP contribution in [0.2, 0.25) is 0 Å². The molecule has 16 heteroatoms. The lowest BCUT2D eigenvalue weighted by molar-refractivity contribution is -0.146. The molecule has 6 rings (SSSR count). The van der Waals surface area contributed by atoms with Gasteiger partial charge in [-0.15, -0.1) is 0 Å². The van der Waals surface area contributed by atoms with Crippen molar-refractivity contribution in [1.29, 1.82) is 0 Å². The molecule has 0 aromatic heterocycles. The van der Waals surface area contributed by atoms with Crippen LogP contribution in [0.15, 0.2) is 60.7 Å². The SMILES string of the molecule is CN[C@@H](C)C(=O)N[C@H](C(=O)N1Cc2cc(NC(=O)CNC(=O)[C@]3(C)CN(C(=O)CN4CCN[C@H](C)C4)c4cc(Cc5ccc(F)cc5)ccc43)ccc2C[C@H]1C(N)=O)C(C)(C)C. The molecule has 1 saturated heterocycles. The molecule has 15 nitrogen and oxygen atoms in total. The molecule has 0 spiro atoms. The number of carbonyl (C=O) groups excluding carboxylic acids is 6. The Morgan fingerprint density at radius 2 is 1.69 bits per heavy atom. The highest BCUT2D eigenvalue weighted by Crippen LogP contribution is 2.42. The fraction of sp³-hybridized carbons (Fsp3) is 0.478. The van der Waals surface area contributed by atoms with Crippen molar-refractivity contribution >= 4 is 46.8 Å². The first kappa shape index (κ1) is 45.8. The minimum Gasteiger partial charge on any atom is -0.368 e. The zero-order valence-electron chi connectivity index (χ0n) is 36.7. The summed E-state index contributed by atoms with van der Waals surface area (Å²) in [5.74, 6) is -2.87. The first-order valence-corrected chi connectivity index (χ1v) is 21.2. The third-order valence-electron chi connectivity index (χ3n) is 12.2. The molecular formula is C46H60FN9O6. The van der Waals surface area contributed by atoms with Crippen LogP contribution in [0.25, 0.3) is 0 Å². The number of primary amides is 1. The summed E-state index contributed by atoms with van der Waals surface area (Å²) >= 11 is 0. The third-order valence-corrected chi connectivity index (χ3v) is 12.2. The number of piperazine rings is 1. The molecule has 6 amide bonds. The van der Waals surface area contributed by atoms with Crippen LogP contribution in [0.5, 0.6) is 0 Å². The van der Waals surface area contributed by atoms with Crippen LogP contribution in [0.3, 0.4) is 0 Å². The predicted octanol–water partition coefficient (Wildman–Crippen LogP) is 1.95. The van der Waals surface area contributed by atoms with Gasteiger partial charge in [0.2, 0.25) is 35.4 Å². The summed E-state index contributed by atoms with van der Waals surface area (Å²) in [5, 5.41) is 14.8. The Morgan fingerprint density at radius 3 is 2.35 bits per heavy atom. The summed E-state index contributed by atoms with van der Waals surface area (Å²) < 4.78 is 13.6. The minimum atomic E-state index is -1.18. The van der Waals surface area contributed by atoms with E-state index in [9.17, 15) is 33.2 Å². The maximum Gasteiger partial charge on any atom is 0.246 e. The fourth-order valence-corrected chi connectivity index (χ4v) is 8.47. The Labute approximate surface area is 362 Å². The Balaban J connectivity index is 1.16. The number of likely N-dealkylation sites (N-methyl/N-ethyl adjacent to an activating group) is 1. The number of hydrogen-bond donors (Lipinski definition) is 6. The second kappa shape index (κ2) is 18.7. The zero-order chi connectivity index (χ0) is 45.1. The molecule has 3 aromatic rings. The molecule has 5 atom stereocenters. The molecule has 1 fully saturated rings. The van der Waals surface area contributed by atoms with Crippen molar-refractivity contribution in [2.24, 2.45) is 11.1 Å². The van der Waals surface area contributed by atoms with Gasteiger partial charge < -0.3 is 42.1 Å². The van der Waals surface area contributed by atoms with E-state index < -0.39 is 52.6 Å². The van der Waals surface area contributed by atoms with E-state index >= 15 is 0 Å². The maximum atomic E-state index is 14.1. The van der Waals surface area contributed by atoms with Crippen molar-refractivity contribution in [3.8, 4) is 0 Å². The number of nitrogens with one attached hydrogen (secondary N) is 5. The van der Waals surface area contributed by atoms with Gasteiger partial charge >= 0.3 is 0 Å². The van der Waals surface area contributed by atoms with Crippen molar-refractivity contribution in [3.63, 3.8) is 0 Å². The molecule has 3 heterocycles. The lowest BCUT2D eigenvalue weighted by Gasteiger charge is -2.40. The van der Waals surface area contributed by atoms with Gasteiger partial charge in [-0.05, 0) is 97.8 Å². The topological polar surface area (TPSA) is 198 Å². The number of nitrogens with zero attached hydrogens (tertiary/aromatic N) is 3. The first-order valence-electron chi connectivity index (χ1n) is 21.2. The van der Waals surface area contributed by atoms with Crippen LogP contribution in [0.1, 0.15) is 69.4 Å². The summed E-state index contributed by atoms with van der Waals surface area (Å²) in [7, 11) is 1.64. The van der Waals surface area contributed by atoms with Gasteiger partial charge in [-0.25, -0.2) is 4.39 Å². The summed E-state index contributed by atoms with van der Waals surface area (Å²) in [6.07, 6.45) is 0.656. The largest absolute Gasteiger partial charge is 0.368 e. The molecule has 0 radical (unpaired) electrons. The monoisotopic (exact) mass is 853 g/mol. The molecule has 3 aliphatic rings. The molecule has 0 unspecified atom stereocenters. The Kier molecular flexibility index (Phi) is 13.8.